The normalized spacial score (nSPS) is 17.7. The van der Waals surface area contributed by atoms with Crippen molar-refractivity contribution in [1.82, 2.24) is 20.0 Å². The molecule has 0 radical (unpaired) electrons. The molecule has 7 heteroatoms. The topological polar surface area (TPSA) is 98.8 Å². The van der Waals surface area contributed by atoms with Crippen molar-refractivity contribution in [3.8, 4) is 11.1 Å². The standard InChI is InChI=1S/C17H19N5O2/c1-22-9-10(8-19-22)11-5-12-14(17(23)21-20-15(12)7-18)6-13(11)16-3-2-4-24-16/h5-6,8-9,16H,2-4,7,18H2,1H3,(H,21,23). The Kier molecular flexibility index (Phi) is 3.66. The number of nitrogens with zero attached hydrogens (tertiary/aromatic N) is 3. The molecule has 1 aliphatic rings. The van der Waals surface area contributed by atoms with Gasteiger partial charge in [0.25, 0.3) is 5.56 Å². The van der Waals surface area contributed by atoms with Gasteiger partial charge in [0.1, 0.15) is 0 Å². The highest BCUT2D eigenvalue weighted by atomic mass is 16.5. The van der Waals surface area contributed by atoms with Crippen LogP contribution in [0.5, 0.6) is 0 Å². The summed E-state index contributed by atoms with van der Waals surface area (Å²) in [5, 5.41) is 12.3. The summed E-state index contributed by atoms with van der Waals surface area (Å²) >= 11 is 0. The maximum absolute atomic E-state index is 12.2. The molecule has 2 aromatic heterocycles. The molecule has 1 atom stereocenters. The number of H-pyrrole nitrogens is 1. The predicted molar refractivity (Wildman–Crippen MR) is 90.4 cm³/mol. The lowest BCUT2D eigenvalue weighted by molar-refractivity contribution is 0.112. The SMILES string of the molecule is Cn1cc(-c2cc3c(CN)n[nH]c(=O)c3cc2C2CCCO2)cn1. The van der Waals surface area contributed by atoms with Crippen molar-refractivity contribution < 1.29 is 4.74 Å². The fourth-order valence-electron chi connectivity index (χ4n) is 3.34. The number of aromatic amines is 1. The maximum Gasteiger partial charge on any atom is 0.272 e. The van der Waals surface area contributed by atoms with Gasteiger partial charge in [0.15, 0.2) is 0 Å². The number of benzene rings is 1. The summed E-state index contributed by atoms with van der Waals surface area (Å²) < 4.78 is 7.64. The Balaban J connectivity index is 2.03. The summed E-state index contributed by atoms with van der Waals surface area (Å²) in [6.07, 6.45) is 5.75. The predicted octanol–water partition coefficient (Wildman–Crippen LogP) is 1.63. The third-order valence-corrected chi connectivity index (χ3v) is 4.52. The highest BCUT2D eigenvalue weighted by molar-refractivity contribution is 5.90. The van der Waals surface area contributed by atoms with Crippen LogP contribution in [0.4, 0.5) is 0 Å². The van der Waals surface area contributed by atoms with Crippen molar-refractivity contribution in [2.45, 2.75) is 25.5 Å². The summed E-state index contributed by atoms with van der Waals surface area (Å²) in [4.78, 5) is 12.2. The zero-order chi connectivity index (χ0) is 16.7. The zero-order valence-electron chi connectivity index (χ0n) is 13.5. The summed E-state index contributed by atoms with van der Waals surface area (Å²) in [7, 11) is 1.88. The molecule has 1 unspecified atom stereocenters. The van der Waals surface area contributed by atoms with Crippen molar-refractivity contribution in [3.63, 3.8) is 0 Å². The quantitative estimate of drug-likeness (QED) is 0.762. The summed E-state index contributed by atoms with van der Waals surface area (Å²) in [5.74, 6) is 0. The first kappa shape index (κ1) is 15.0. The third-order valence-electron chi connectivity index (χ3n) is 4.52. The van der Waals surface area contributed by atoms with E-state index in [2.05, 4.69) is 15.3 Å². The molecule has 0 bridgehead atoms. The fourth-order valence-corrected chi connectivity index (χ4v) is 3.34. The van der Waals surface area contributed by atoms with E-state index in [0.717, 1.165) is 41.5 Å². The van der Waals surface area contributed by atoms with Gasteiger partial charge in [0, 0.05) is 37.3 Å². The van der Waals surface area contributed by atoms with Gasteiger partial charge >= 0.3 is 0 Å². The number of aryl methyl sites for hydroxylation is 1. The van der Waals surface area contributed by atoms with Crippen LogP contribution in [0.3, 0.4) is 0 Å². The van der Waals surface area contributed by atoms with Gasteiger partial charge in [-0.3, -0.25) is 9.48 Å². The highest BCUT2D eigenvalue weighted by Gasteiger charge is 2.23. The van der Waals surface area contributed by atoms with E-state index in [1.54, 1.807) is 4.68 Å². The Morgan fingerprint density at radius 1 is 1.42 bits per heavy atom. The molecule has 0 spiro atoms. The van der Waals surface area contributed by atoms with Crippen LogP contribution in [-0.4, -0.2) is 26.6 Å². The molecular formula is C17H19N5O2. The lowest BCUT2D eigenvalue weighted by Gasteiger charge is -2.16. The van der Waals surface area contributed by atoms with Crippen molar-refractivity contribution in [2.24, 2.45) is 12.8 Å². The fraction of sp³-hybridized carbons (Fsp3) is 0.353. The molecule has 1 aromatic carbocycles. The molecule has 0 aliphatic carbocycles. The number of aromatic nitrogens is 4. The van der Waals surface area contributed by atoms with Gasteiger partial charge in [-0.05, 0) is 36.1 Å². The molecular weight excluding hydrogens is 306 g/mol. The van der Waals surface area contributed by atoms with Gasteiger partial charge in [-0.15, -0.1) is 0 Å². The van der Waals surface area contributed by atoms with Crippen LogP contribution in [0.15, 0.2) is 29.3 Å². The number of hydrogen-bond donors (Lipinski definition) is 2. The Bertz CT molecular complexity index is 953. The number of ether oxygens (including phenoxy) is 1. The second-order valence-electron chi connectivity index (χ2n) is 6.09. The van der Waals surface area contributed by atoms with Gasteiger partial charge < -0.3 is 10.5 Å². The van der Waals surface area contributed by atoms with E-state index in [0.29, 0.717) is 11.1 Å². The van der Waals surface area contributed by atoms with Crippen molar-refractivity contribution >= 4 is 10.8 Å². The average Bonchev–Trinajstić information content (AvgIpc) is 3.26. The molecule has 1 saturated heterocycles. The van der Waals surface area contributed by atoms with E-state index in [1.807, 2.05) is 31.6 Å². The first-order valence-corrected chi connectivity index (χ1v) is 8.03. The molecule has 4 rings (SSSR count). The van der Waals surface area contributed by atoms with Crippen molar-refractivity contribution in [3.05, 3.63) is 46.1 Å². The number of nitrogens with two attached hydrogens (primary N) is 1. The van der Waals surface area contributed by atoms with E-state index in [9.17, 15) is 4.79 Å². The molecule has 1 aliphatic heterocycles. The van der Waals surface area contributed by atoms with Gasteiger partial charge in [-0.25, -0.2) is 5.10 Å². The van der Waals surface area contributed by atoms with Crippen LogP contribution in [0, 0.1) is 0 Å². The molecule has 24 heavy (non-hydrogen) atoms. The lowest BCUT2D eigenvalue weighted by atomic mass is 9.93. The summed E-state index contributed by atoms with van der Waals surface area (Å²) in [5.41, 5.74) is 9.29. The van der Waals surface area contributed by atoms with Crippen LogP contribution in [-0.2, 0) is 18.3 Å². The molecule has 3 N–H and O–H groups in total. The smallest absolute Gasteiger partial charge is 0.272 e. The first-order chi connectivity index (χ1) is 11.7. The van der Waals surface area contributed by atoms with Crippen LogP contribution >= 0.6 is 0 Å². The largest absolute Gasteiger partial charge is 0.374 e. The monoisotopic (exact) mass is 325 g/mol. The number of nitrogens with one attached hydrogen (secondary N) is 1. The Morgan fingerprint density at radius 2 is 2.29 bits per heavy atom. The highest BCUT2D eigenvalue weighted by Crippen LogP contribution is 2.37. The average molecular weight is 325 g/mol. The van der Waals surface area contributed by atoms with E-state index in [4.69, 9.17) is 10.5 Å². The second-order valence-corrected chi connectivity index (χ2v) is 6.09. The summed E-state index contributed by atoms with van der Waals surface area (Å²) in [6.45, 7) is 1.01. The lowest BCUT2D eigenvalue weighted by Crippen LogP contribution is -2.14. The van der Waals surface area contributed by atoms with E-state index >= 15 is 0 Å². The van der Waals surface area contributed by atoms with Crippen LogP contribution in [0.25, 0.3) is 21.9 Å². The van der Waals surface area contributed by atoms with E-state index in [1.165, 1.54) is 0 Å². The minimum absolute atomic E-state index is 0.00139. The van der Waals surface area contributed by atoms with Gasteiger partial charge in [0.2, 0.25) is 0 Å². The molecule has 7 nitrogen and oxygen atoms in total. The van der Waals surface area contributed by atoms with Crippen LogP contribution in [0.1, 0.15) is 30.2 Å². The van der Waals surface area contributed by atoms with Gasteiger partial charge in [0.05, 0.1) is 23.4 Å². The number of hydrogen-bond acceptors (Lipinski definition) is 5. The Labute approximate surface area is 138 Å². The molecule has 0 amide bonds. The Morgan fingerprint density at radius 3 is 2.96 bits per heavy atom. The molecule has 124 valence electrons. The van der Waals surface area contributed by atoms with Crippen LogP contribution < -0.4 is 11.3 Å². The Hall–Kier alpha value is -2.51. The van der Waals surface area contributed by atoms with Gasteiger partial charge in [-0.1, -0.05) is 0 Å². The number of rotatable bonds is 3. The first-order valence-electron chi connectivity index (χ1n) is 8.03. The van der Waals surface area contributed by atoms with Crippen molar-refractivity contribution in [2.75, 3.05) is 6.61 Å². The van der Waals surface area contributed by atoms with Crippen LogP contribution in [0.2, 0.25) is 0 Å². The van der Waals surface area contributed by atoms with E-state index in [-0.39, 0.29) is 18.2 Å². The number of fused-ring (bicyclic) bond motifs is 1. The maximum atomic E-state index is 12.2. The van der Waals surface area contributed by atoms with E-state index < -0.39 is 0 Å². The molecule has 1 fully saturated rings. The minimum atomic E-state index is -0.209. The molecule has 0 saturated carbocycles. The van der Waals surface area contributed by atoms with Crippen molar-refractivity contribution in [1.29, 1.82) is 0 Å². The minimum Gasteiger partial charge on any atom is -0.374 e. The molecule has 3 aromatic rings. The molecule has 3 heterocycles. The summed E-state index contributed by atoms with van der Waals surface area (Å²) in [6, 6.07) is 3.92. The third kappa shape index (κ3) is 2.42. The zero-order valence-corrected chi connectivity index (χ0v) is 13.5. The van der Waals surface area contributed by atoms with Gasteiger partial charge in [-0.2, -0.15) is 10.2 Å². The second kappa shape index (κ2) is 5.85.